The molecule has 2 heterocycles. The van der Waals surface area contributed by atoms with Crippen LogP contribution in [0.3, 0.4) is 0 Å². The van der Waals surface area contributed by atoms with E-state index in [1.54, 1.807) is 41.6 Å². The first-order valence-electron chi connectivity index (χ1n) is 6.51. The van der Waals surface area contributed by atoms with Crippen molar-refractivity contribution in [1.82, 2.24) is 9.88 Å². The Bertz CT molecular complexity index is 672. The zero-order valence-electron chi connectivity index (χ0n) is 11.2. The first-order chi connectivity index (χ1) is 10.1. The molecule has 0 fully saturated rings. The monoisotopic (exact) mass is 282 g/mol. The van der Waals surface area contributed by atoms with Crippen LogP contribution in [0.2, 0.25) is 0 Å². The maximum atomic E-state index is 12.2. The molecule has 106 valence electrons. The number of nitrogens with one attached hydrogen (secondary N) is 1. The van der Waals surface area contributed by atoms with E-state index < -0.39 is 5.91 Å². The van der Waals surface area contributed by atoms with Crippen molar-refractivity contribution in [3.8, 4) is 0 Å². The van der Waals surface area contributed by atoms with E-state index in [1.807, 2.05) is 6.07 Å². The van der Waals surface area contributed by atoms with E-state index in [4.69, 9.17) is 5.73 Å². The predicted octanol–water partition coefficient (Wildman–Crippen LogP) is 1.73. The van der Waals surface area contributed by atoms with Gasteiger partial charge in [-0.25, -0.2) is 4.79 Å². The normalized spacial score (nSPS) is 12.9. The number of nitrogens with two attached hydrogens (primary N) is 1. The van der Waals surface area contributed by atoms with Gasteiger partial charge in [-0.2, -0.15) is 0 Å². The summed E-state index contributed by atoms with van der Waals surface area (Å²) in [6.07, 6.45) is 3.51. The minimum absolute atomic E-state index is 0.182. The van der Waals surface area contributed by atoms with Crippen molar-refractivity contribution >= 4 is 17.6 Å². The Morgan fingerprint density at radius 2 is 1.81 bits per heavy atom. The molecule has 21 heavy (non-hydrogen) atoms. The van der Waals surface area contributed by atoms with E-state index in [2.05, 4.69) is 10.3 Å². The highest BCUT2D eigenvalue weighted by atomic mass is 16.2. The Morgan fingerprint density at radius 1 is 1.10 bits per heavy atom. The van der Waals surface area contributed by atoms with Crippen molar-refractivity contribution in [1.29, 1.82) is 0 Å². The van der Waals surface area contributed by atoms with Crippen LogP contribution in [0, 0.1) is 0 Å². The van der Waals surface area contributed by atoms with Gasteiger partial charge in [0.05, 0.1) is 0 Å². The lowest BCUT2D eigenvalue weighted by molar-refractivity contribution is 0.100. The van der Waals surface area contributed by atoms with Crippen LogP contribution in [0.4, 0.5) is 10.5 Å². The largest absolute Gasteiger partial charge is 0.366 e. The lowest BCUT2D eigenvalue weighted by Crippen LogP contribution is -2.30. The lowest BCUT2D eigenvalue weighted by Gasteiger charge is -2.16. The SMILES string of the molecule is NC(=O)c1ccc(NC(=O)N2Cc3ccncc3C2)cc1. The van der Waals surface area contributed by atoms with Gasteiger partial charge in [-0.15, -0.1) is 0 Å². The van der Waals surface area contributed by atoms with E-state index in [9.17, 15) is 9.59 Å². The van der Waals surface area contributed by atoms with Gasteiger partial charge in [-0.05, 0) is 41.5 Å². The molecule has 1 aliphatic heterocycles. The van der Waals surface area contributed by atoms with Gasteiger partial charge in [0.25, 0.3) is 0 Å². The molecule has 1 aromatic heterocycles. The average Bonchev–Trinajstić information content (AvgIpc) is 2.92. The van der Waals surface area contributed by atoms with Crippen LogP contribution in [0.15, 0.2) is 42.7 Å². The lowest BCUT2D eigenvalue weighted by atomic mass is 10.2. The molecular weight excluding hydrogens is 268 g/mol. The number of rotatable bonds is 2. The molecule has 0 atom stereocenters. The van der Waals surface area contributed by atoms with E-state index in [1.165, 1.54) is 0 Å². The van der Waals surface area contributed by atoms with Gasteiger partial charge >= 0.3 is 6.03 Å². The van der Waals surface area contributed by atoms with Crippen molar-refractivity contribution in [2.75, 3.05) is 5.32 Å². The topological polar surface area (TPSA) is 88.3 Å². The number of primary amides is 1. The van der Waals surface area contributed by atoms with Crippen molar-refractivity contribution in [2.45, 2.75) is 13.1 Å². The smallest absolute Gasteiger partial charge is 0.322 e. The number of carbonyl (C=O) groups is 2. The number of carbonyl (C=O) groups excluding carboxylic acids is 2. The van der Waals surface area contributed by atoms with Crippen molar-refractivity contribution in [3.63, 3.8) is 0 Å². The Hall–Kier alpha value is -2.89. The quantitative estimate of drug-likeness (QED) is 0.879. The van der Waals surface area contributed by atoms with Gasteiger partial charge in [-0.1, -0.05) is 0 Å². The highest BCUT2D eigenvalue weighted by Crippen LogP contribution is 2.22. The molecule has 0 radical (unpaired) electrons. The molecule has 0 aliphatic carbocycles. The minimum Gasteiger partial charge on any atom is -0.366 e. The standard InChI is InChI=1S/C15H14N4O2/c16-14(20)10-1-3-13(4-2-10)18-15(21)19-8-11-5-6-17-7-12(11)9-19/h1-7H,8-9H2,(H2,16,20)(H,18,21). The molecular formula is C15H14N4O2. The summed E-state index contributed by atoms with van der Waals surface area (Å²) < 4.78 is 0. The summed E-state index contributed by atoms with van der Waals surface area (Å²) in [6, 6.07) is 8.22. The molecule has 3 amide bonds. The van der Waals surface area contributed by atoms with Crippen LogP contribution in [0.1, 0.15) is 21.5 Å². The van der Waals surface area contributed by atoms with Crippen LogP contribution < -0.4 is 11.1 Å². The fourth-order valence-electron chi connectivity index (χ4n) is 2.28. The number of fused-ring (bicyclic) bond motifs is 1. The van der Waals surface area contributed by atoms with E-state index in [0.29, 0.717) is 24.3 Å². The zero-order valence-corrected chi connectivity index (χ0v) is 11.2. The second-order valence-corrected chi connectivity index (χ2v) is 4.87. The van der Waals surface area contributed by atoms with Gasteiger partial charge in [0.15, 0.2) is 0 Å². The summed E-state index contributed by atoms with van der Waals surface area (Å²) in [5.41, 5.74) is 8.39. The van der Waals surface area contributed by atoms with E-state index in [0.717, 1.165) is 11.1 Å². The van der Waals surface area contributed by atoms with E-state index >= 15 is 0 Å². The van der Waals surface area contributed by atoms with Crippen LogP contribution >= 0.6 is 0 Å². The van der Waals surface area contributed by atoms with Crippen molar-refractivity contribution in [2.24, 2.45) is 5.73 Å². The molecule has 3 N–H and O–H groups in total. The van der Waals surface area contributed by atoms with Crippen LogP contribution in [-0.4, -0.2) is 21.8 Å². The Morgan fingerprint density at radius 3 is 2.48 bits per heavy atom. The molecule has 0 saturated heterocycles. The van der Waals surface area contributed by atoms with Gasteiger partial charge < -0.3 is 16.0 Å². The molecule has 6 nitrogen and oxygen atoms in total. The summed E-state index contributed by atoms with van der Waals surface area (Å²) in [4.78, 5) is 29.0. The van der Waals surface area contributed by atoms with Gasteiger partial charge in [0.1, 0.15) is 0 Å². The van der Waals surface area contributed by atoms with Gasteiger partial charge in [-0.3, -0.25) is 9.78 Å². The number of hydrogen-bond donors (Lipinski definition) is 2. The third-order valence-electron chi connectivity index (χ3n) is 3.43. The van der Waals surface area contributed by atoms with Crippen LogP contribution in [-0.2, 0) is 13.1 Å². The maximum Gasteiger partial charge on any atom is 0.322 e. The predicted molar refractivity (Wildman–Crippen MR) is 77.5 cm³/mol. The molecule has 3 rings (SSSR count). The summed E-state index contributed by atoms with van der Waals surface area (Å²) >= 11 is 0. The number of urea groups is 1. The average molecular weight is 282 g/mol. The second kappa shape index (κ2) is 5.24. The number of nitrogens with zero attached hydrogens (tertiary/aromatic N) is 2. The first-order valence-corrected chi connectivity index (χ1v) is 6.51. The molecule has 1 aliphatic rings. The summed E-state index contributed by atoms with van der Waals surface area (Å²) in [7, 11) is 0. The molecule has 1 aromatic carbocycles. The zero-order chi connectivity index (χ0) is 14.8. The molecule has 0 unspecified atom stereocenters. The summed E-state index contributed by atoms with van der Waals surface area (Å²) in [5, 5.41) is 2.80. The fourth-order valence-corrected chi connectivity index (χ4v) is 2.28. The van der Waals surface area contributed by atoms with Crippen LogP contribution in [0.5, 0.6) is 0 Å². The van der Waals surface area contributed by atoms with E-state index in [-0.39, 0.29) is 6.03 Å². The fraction of sp³-hybridized carbons (Fsp3) is 0.133. The minimum atomic E-state index is -0.490. The molecule has 0 spiro atoms. The van der Waals surface area contributed by atoms with Crippen LogP contribution in [0.25, 0.3) is 0 Å². The maximum absolute atomic E-state index is 12.2. The number of aromatic nitrogens is 1. The number of pyridine rings is 1. The van der Waals surface area contributed by atoms with Gasteiger partial charge in [0.2, 0.25) is 5.91 Å². The number of amides is 3. The summed E-state index contributed by atoms with van der Waals surface area (Å²) in [6.45, 7) is 1.12. The number of anilines is 1. The number of hydrogen-bond acceptors (Lipinski definition) is 3. The Labute approximate surface area is 121 Å². The highest BCUT2D eigenvalue weighted by Gasteiger charge is 2.23. The molecule has 0 saturated carbocycles. The highest BCUT2D eigenvalue weighted by molar-refractivity contribution is 5.94. The molecule has 2 aromatic rings. The van der Waals surface area contributed by atoms with Crippen molar-refractivity contribution in [3.05, 3.63) is 59.4 Å². The third kappa shape index (κ3) is 2.69. The Balaban J connectivity index is 1.66. The molecule has 0 bridgehead atoms. The number of benzene rings is 1. The molecule has 6 heteroatoms. The second-order valence-electron chi connectivity index (χ2n) is 4.87. The van der Waals surface area contributed by atoms with Gasteiger partial charge in [0, 0.05) is 36.7 Å². The van der Waals surface area contributed by atoms with Crippen molar-refractivity contribution < 1.29 is 9.59 Å². The first kappa shape index (κ1) is 13.1. The third-order valence-corrected chi connectivity index (χ3v) is 3.43. The summed E-state index contributed by atoms with van der Waals surface area (Å²) in [5.74, 6) is -0.490. The Kier molecular flexibility index (Phi) is 3.27.